The van der Waals surface area contributed by atoms with Gasteiger partial charge in [0.2, 0.25) is 0 Å². The van der Waals surface area contributed by atoms with Crippen molar-refractivity contribution in [3.63, 3.8) is 0 Å². The van der Waals surface area contributed by atoms with Crippen LogP contribution in [0.5, 0.6) is 0 Å². The fourth-order valence-corrected chi connectivity index (χ4v) is 5.30. The Balaban J connectivity index is 2.08. The van der Waals surface area contributed by atoms with Gasteiger partial charge in [-0.15, -0.1) is 0 Å². The average molecular weight is 239 g/mol. The average Bonchev–Trinajstić information content (AvgIpc) is 2.19. The Kier molecular flexibility index (Phi) is 3.08. The Bertz CT molecular complexity index is 255. The third-order valence-corrected chi connectivity index (χ3v) is 5.53. The minimum absolute atomic E-state index is 0.855. The van der Waals surface area contributed by atoms with Gasteiger partial charge in [-0.2, -0.15) is 0 Å². The minimum atomic E-state index is 0.855. The fourth-order valence-electron chi connectivity index (χ4n) is 1.86. The summed E-state index contributed by atoms with van der Waals surface area (Å²) < 4.78 is 0. The van der Waals surface area contributed by atoms with Crippen LogP contribution in [-0.2, 0) is 0 Å². The molecular formula is C12H16Se. The van der Waals surface area contributed by atoms with Gasteiger partial charge in [0.25, 0.3) is 0 Å². The van der Waals surface area contributed by atoms with Gasteiger partial charge < -0.3 is 0 Å². The van der Waals surface area contributed by atoms with Crippen molar-refractivity contribution >= 4 is 15.0 Å². The Morgan fingerprint density at radius 3 is 2.69 bits per heavy atom. The zero-order valence-corrected chi connectivity index (χ0v) is 9.78. The molecule has 0 unspecified atom stereocenters. The number of rotatable bonds is 1. The first-order chi connectivity index (χ1) is 6.36. The van der Waals surface area contributed by atoms with Crippen LogP contribution in [0.1, 0.15) is 30.1 Å². The van der Waals surface area contributed by atoms with Crippen LogP contribution in [-0.4, -0.2) is 15.0 Å². The molecule has 0 aromatic heterocycles. The molecule has 0 nitrogen and oxygen atoms in total. The predicted molar refractivity (Wildman–Crippen MR) is 58.1 cm³/mol. The number of benzene rings is 1. The summed E-state index contributed by atoms with van der Waals surface area (Å²) in [7, 11) is 0. The van der Waals surface area contributed by atoms with Gasteiger partial charge in [0.05, 0.1) is 0 Å². The van der Waals surface area contributed by atoms with E-state index in [0.717, 1.165) is 25.7 Å². The summed E-state index contributed by atoms with van der Waals surface area (Å²) in [4.78, 5) is 0.900. The molecule has 13 heavy (non-hydrogen) atoms. The summed E-state index contributed by atoms with van der Waals surface area (Å²) >= 11 is 0.855. The number of hydrogen-bond donors (Lipinski definition) is 0. The second kappa shape index (κ2) is 4.30. The van der Waals surface area contributed by atoms with Crippen molar-refractivity contribution in [2.75, 3.05) is 0 Å². The van der Waals surface area contributed by atoms with Crippen LogP contribution in [0.2, 0.25) is 5.32 Å². The van der Waals surface area contributed by atoms with Crippen LogP contribution in [0.3, 0.4) is 0 Å². The van der Waals surface area contributed by atoms with Gasteiger partial charge in [-0.25, -0.2) is 0 Å². The molecule has 0 amide bonds. The topological polar surface area (TPSA) is 0 Å². The van der Waals surface area contributed by atoms with E-state index >= 15 is 0 Å². The summed E-state index contributed by atoms with van der Waals surface area (Å²) in [5, 5.41) is 1.48. The molecule has 1 heterocycles. The van der Waals surface area contributed by atoms with Crippen molar-refractivity contribution in [3.8, 4) is 0 Å². The first-order valence-corrected chi connectivity index (χ1v) is 7.23. The van der Waals surface area contributed by atoms with E-state index in [-0.39, 0.29) is 0 Å². The van der Waals surface area contributed by atoms with Gasteiger partial charge in [-0.3, -0.25) is 0 Å². The quantitative estimate of drug-likeness (QED) is 0.660. The Morgan fingerprint density at radius 1 is 1.23 bits per heavy atom. The summed E-state index contributed by atoms with van der Waals surface area (Å²) in [6, 6.07) is 11.0. The van der Waals surface area contributed by atoms with Crippen molar-refractivity contribution in [3.05, 3.63) is 35.9 Å². The standard InChI is InChI=1S/C12H16Se/c1-10-7-8-13-12(9-10)11-5-3-2-4-6-11/h2-6,10,12H,7-9H2,1H3/t10-,12-/m0/s1. The van der Waals surface area contributed by atoms with E-state index in [2.05, 4.69) is 37.3 Å². The van der Waals surface area contributed by atoms with E-state index in [1.54, 1.807) is 5.56 Å². The van der Waals surface area contributed by atoms with Crippen LogP contribution >= 0.6 is 0 Å². The van der Waals surface area contributed by atoms with Gasteiger partial charge in [-0.1, -0.05) is 0 Å². The monoisotopic (exact) mass is 240 g/mol. The van der Waals surface area contributed by atoms with Gasteiger partial charge in [0.1, 0.15) is 0 Å². The van der Waals surface area contributed by atoms with Crippen molar-refractivity contribution in [2.24, 2.45) is 5.92 Å². The molecule has 1 heteroatoms. The molecular weight excluding hydrogens is 223 g/mol. The summed E-state index contributed by atoms with van der Waals surface area (Å²) in [5.74, 6) is 0.945. The molecule has 0 saturated carbocycles. The molecule has 1 aromatic carbocycles. The summed E-state index contributed by atoms with van der Waals surface area (Å²) in [6.07, 6.45) is 2.88. The van der Waals surface area contributed by atoms with Gasteiger partial charge in [-0.05, 0) is 0 Å². The van der Waals surface area contributed by atoms with E-state index in [4.69, 9.17) is 0 Å². The second-order valence-electron chi connectivity index (χ2n) is 3.90. The molecule has 1 aliphatic heterocycles. The van der Waals surface area contributed by atoms with Crippen molar-refractivity contribution in [1.29, 1.82) is 0 Å². The maximum absolute atomic E-state index is 2.39. The van der Waals surface area contributed by atoms with Gasteiger partial charge in [0.15, 0.2) is 0 Å². The van der Waals surface area contributed by atoms with Crippen molar-refractivity contribution in [2.45, 2.75) is 29.9 Å². The molecule has 0 N–H and O–H groups in total. The Hall–Kier alpha value is -0.261. The van der Waals surface area contributed by atoms with Crippen LogP contribution in [0, 0.1) is 5.92 Å². The third-order valence-electron chi connectivity index (χ3n) is 2.72. The zero-order valence-electron chi connectivity index (χ0n) is 8.07. The normalized spacial score (nSPS) is 28.7. The van der Waals surface area contributed by atoms with E-state index in [1.165, 1.54) is 18.2 Å². The molecule has 0 radical (unpaired) electrons. The molecule has 70 valence electrons. The first-order valence-electron chi connectivity index (χ1n) is 5.03. The van der Waals surface area contributed by atoms with Gasteiger partial charge in [0, 0.05) is 0 Å². The number of hydrogen-bond acceptors (Lipinski definition) is 0. The third kappa shape index (κ3) is 2.36. The molecule has 0 aliphatic carbocycles. The molecule has 0 bridgehead atoms. The van der Waals surface area contributed by atoms with Crippen LogP contribution in [0.15, 0.2) is 30.3 Å². The van der Waals surface area contributed by atoms with Crippen molar-refractivity contribution < 1.29 is 0 Å². The Morgan fingerprint density at radius 2 is 2.00 bits per heavy atom. The van der Waals surface area contributed by atoms with Crippen LogP contribution in [0.25, 0.3) is 0 Å². The SMILES string of the molecule is C[C@H]1CC[Se][C@H](c2ccccc2)C1. The molecule has 1 saturated heterocycles. The van der Waals surface area contributed by atoms with E-state index < -0.39 is 0 Å². The van der Waals surface area contributed by atoms with E-state index in [9.17, 15) is 0 Å². The molecule has 2 atom stereocenters. The van der Waals surface area contributed by atoms with E-state index in [1.807, 2.05) is 0 Å². The maximum atomic E-state index is 2.39. The Labute approximate surface area is 86.9 Å². The van der Waals surface area contributed by atoms with E-state index in [0.29, 0.717) is 0 Å². The van der Waals surface area contributed by atoms with Crippen LogP contribution < -0.4 is 0 Å². The van der Waals surface area contributed by atoms with Crippen molar-refractivity contribution in [1.82, 2.24) is 0 Å². The molecule has 1 fully saturated rings. The summed E-state index contributed by atoms with van der Waals surface area (Å²) in [5.41, 5.74) is 1.58. The van der Waals surface area contributed by atoms with Crippen LogP contribution in [0.4, 0.5) is 0 Å². The molecule has 1 aliphatic rings. The molecule has 1 aromatic rings. The second-order valence-corrected chi connectivity index (χ2v) is 6.65. The molecule has 2 rings (SSSR count). The fraction of sp³-hybridized carbons (Fsp3) is 0.500. The molecule has 0 spiro atoms. The zero-order chi connectivity index (χ0) is 9.10. The summed E-state index contributed by atoms with van der Waals surface area (Å²) in [6.45, 7) is 2.39. The van der Waals surface area contributed by atoms with Gasteiger partial charge >= 0.3 is 86.7 Å². The predicted octanol–water partition coefficient (Wildman–Crippen LogP) is 3.28. The first kappa shape index (κ1) is 9.30.